The monoisotopic (exact) mass is 274 g/mol. The molecule has 0 radical (unpaired) electrons. The average Bonchev–Trinajstić information content (AvgIpc) is 2.90. The highest BCUT2D eigenvalue weighted by Gasteiger charge is 2.31. The van der Waals surface area contributed by atoms with Crippen LogP contribution in [-0.4, -0.2) is 12.5 Å². The zero-order valence-electron chi connectivity index (χ0n) is 12.7. The van der Waals surface area contributed by atoms with Gasteiger partial charge in [-0.15, -0.1) is 0 Å². The van der Waals surface area contributed by atoms with Gasteiger partial charge in [-0.3, -0.25) is 4.79 Å². The number of hydrogen-bond donors (Lipinski definition) is 2. The molecule has 0 heterocycles. The largest absolute Gasteiger partial charge is 0.366 e. The van der Waals surface area contributed by atoms with Crippen LogP contribution in [0.2, 0.25) is 0 Å². The molecule has 1 aliphatic rings. The highest BCUT2D eigenvalue weighted by Crippen LogP contribution is 2.40. The summed E-state index contributed by atoms with van der Waals surface area (Å²) in [5.41, 5.74) is 8.78. The van der Waals surface area contributed by atoms with Crippen molar-refractivity contribution in [2.75, 3.05) is 6.54 Å². The predicted molar refractivity (Wildman–Crippen MR) is 82.6 cm³/mol. The number of nitrogens with one attached hydrogen (secondary N) is 1. The summed E-state index contributed by atoms with van der Waals surface area (Å²) in [7, 11) is 0. The van der Waals surface area contributed by atoms with Crippen LogP contribution in [0.4, 0.5) is 0 Å². The second-order valence-corrected chi connectivity index (χ2v) is 6.17. The summed E-state index contributed by atoms with van der Waals surface area (Å²) in [6.07, 6.45) is 6.73. The number of amides is 1. The molecule has 0 spiro atoms. The first-order valence-corrected chi connectivity index (χ1v) is 7.66. The third-order valence-corrected chi connectivity index (χ3v) is 4.86. The molecule has 0 aromatic heterocycles. The highest BCUT2D eigenvalue weighted by molar-refractivity contribution is 5.93. The number of primary amides is 1. The molecular weight excluding hydrogens is 248 g/mol. The SMILES string of the molecule is CCC1(CNCc2ccc(C(N)=O)cc2C)CCCC1. The predicted octanol–water partition coefficient (Wildman–Crippen LogP) is 3.15. The number of nitrogens with two attached hydrogens (primary N) is 1. The van der Waals surface area contributed by atoms with E-state index in [2.05, 4.69) is 12.2 Å². The molecule has 1 aliphatic carbocycles. The molecular formula is C17H26N2O. The minimum Gasteiger partial charge on any atom is -0.366 e. The summed E-state index contributed by atoms with van der Waals surface area (Å²) < 4.78 is 0. The van der Waals surface area contributed by atoms with Crippen LogP contribution in [0.15, 0.2) is 18.2 Å². The molecule has 3 nitrogen and oxygen atoms in total. The smallest absolute Gasteiger partial charge is 0.248 e. The Hall–Kier alpha value is -1.35. The van der Waals surface area contributed by atoms with Crippen molar-refractivity contribution >= 4 is 5.91 Å². The van der Waals surface area contributed by atoms with Crippen molar-refractivity contribution in [3.05, 3.63) is 34.9 Å². The Morgan fingerprint density at radius 1 is 1.35 bits per heavy atom. The van der Waals surface area contributed by atoms with Gasteiger partial charge in [0.1, 0.15) is 0 Å². The Morgan fingerprint density at radius 2 is 2.05 bits per heavy atom. The van der Waals surface area contributed by atoms with Crippen LogP contribution in [0.3, 0.4) is 0 Å². The summed E-state index contributed by atoms with van der Waals surface area (Å²) in [5.74, 6) is -0.358. The second kappa shape index (κ2) is 6.40. The maximum atomic E-state index is 11.1. The van der Waals surface area contributed by atoms with Crippen LogP contribution in [-0.2, 0) is 6.54 Å². The normalized spacial score (nSPS) is 17.3. The maximum Gasteiger partial charge on any atom is 0.248 e. The average molecular weight is 274 g/mol. The van der Waals surface area contributed by atoms with Crippen molar-refractivity contribution in [1.29, 1.82) is 0 Å². The van der Waals surface area contributed by atoms with Crippen LogP contribution in [0.1, 0.15) is 60.5 Å². The molecule has 0 aliphatic heterocycles. The molecule has 2 rings (SSSR count). The molecule has 1 saturated carbocycles. The number of carbonyl (C=O) groups is 1. The van der Waals surface area contributed by atoms with E-state index >= 15 is 0 Å². The van der Waals surface area contributed by atoms with Gasteiger partial charge in [-0.25, -0.2) is 0 Å². The summed E-state index contributed by atoms with van der Waals surface area (Å²) in [5, 5.41) is 3.61. The van der Waals surface area contributed by atoms with E-state index in [0.717, 1.165) is 18.7 Å². The zero-order valence-corrected chi connectivity index (χ0v) is 12.7. The molecule has 20 heavy (non-hydrogen) atoms. The summed E-state index contributed by atoms with van der Waals surface area (Å²) in [6, 6.07) is 5.71. The lowest BCUT2D eigenvalue weighted by atomic mass is 9.83. The van der Waals surface area contributed by atoms with Gasteiger partial charge in [-0.2, -0.15) is 0 Å². The lowest BCUT2D eigenvalue weighted by Crippen LogP contribution is -2.31. The Balaban J connectivity index is 1.92. The highest BCUT2D eigenvalue weighted by atomic mass is 16.1. The van der Waals surface area contributed by atoms with E-state index in [-0.39, 0.29) is 5.91 Å². The fourth-order valence-electron chi connectivity index (χ4n) is 3.29. The van der Waals surface area contributed by atoms with Crippen molar-refractivity contribution in [2.45, 2.75) is 52.5 Å². The zero-order chi connectivity index (χ0) is 14.6. The Labute approximate surface area is 121 Å². The van der Waals surface area contributed by atoms with Gasteiger partial charge in [0, 0.05) is 18.7 Å². The number of rotatable bonds is 6. The molecule has 0 bridgehead atoms. The first-order chi connectivity index (χ1) is 9.56. The van der Waals surface area contributed by atoms with Gasteiger partial charge in [0.05, 0.1) is 0 Å². The minimum absolute atomic E-state index is 0.358. The quantitative estimate of drug-likeness (QED) is 0.837. The van der Waals surface area contributed by atoms with E-state index in [4.69, 9.17) is 5.73 Å². The van der Waals surface area contributed by atoms with E-state index in [9.17, 15) is 4.79 Å². The minimum atomic E-state index is -0.358. The van der Waals surface area contributed by atoms with Crippen molar-refractivity contribution in [3.8, 4) is 0 Å². The second-order valence-electron chi connectivity index (χ2n) is 6.17. The van der Waals surface area contributed by atoms with Crippen LogP contribution in [0, 0.1) is 12.3 Å². The molecule has 0 saturated heterocycles. The number of carbonyl (C=O) groups excluding carboxylic acids is 1. The van der Waals surface area contributed by atoms with E-state index in [1.54, 1.807) is 0 Å². The van der Waals surface area contributed by atoms with Crippen LogP contribution >= 0.6 is 0 Å². The van der Waals surface area contributed by atoms with Crippen LogP contribution in [0.25, 0.3) is 0 Å². The first kappa shape index (κ1) is 15.0. The molecule has 0 atom stereocenters. The molecule has 1 amide bonds. The Bertz CT molecular complexity index is 476. The summed E-state index contributed by atoms with van der Waals surface area (Å²) in [4.78, 5) is 11.1. The molecule has 3 N–H and O–H groups in total. The van der Waals surface area contributed by atoms with Crippen LogP contribution < -0.4 is 11.1 Å². The van der Waals surface area contributed by atoms with Gasteiger partial charge < -0.3 is 11.1 Å². The number of hydrogen-bond acceptors (Lipinski definition) is 2. The van der Waals surface area contributed by atoms with Gasteiger partial charge in [-0.1, -0.05) is 25.8 Å². The standard InChI is InChI=1S/C17H26N2O/c1-3-17(8-4-5-9-17)12-19-11-15-7-6-14(16(18)20)10-13(15)2/h6-7,10,19H,3-5,8-9,11-12H2,1-2H3,(H2,18,20). The topological polar surface area (TPSA) is 55.1 Å². The van der Waals surface area contributed by atoms with Crippen molar-refractivity contribution in [3.63, 3.8) is 0 Å². The van der Waals surface area contributed by atoms with Crippen LogP contribution in [0.5, 0.6) is 0 Å². The fraction of sp³-hybridized carbons (Fsp3) is 0.588. The molecule has 1 aromatic carbocycles. The van der Waals surface area contributed by atoms with E-state index < -0.39 is 0 Å². The Morgan fingerprint density at radius 3 is 2.60 bits per heavy atom. The van der Waals surface area contributed by atoms with Crippen molar-refractivity contribution in [2.24, 2.45) is 11.1 Å². The lowest BCUT2D eigenvalue weighted by Gasteiger charge is -2.28. The molecule has 1 fully saturated rings. The van der Waals surface area contributed by atoms with E-state index in [1.165, 1.54) is 37.7 Å². The van der Waals surface area contributed by atoms with Gasteiger partial charge in [0.2, 0.25) is 5.91 Å². The van der Waals surface area contributed by atoms with E-state index in [1.807, 2.05) is 25.1 Å². The first-order valence-electron chi connectivity index (χ1n) is 7.66. The third-order valence-electron chi connectivity index (χ3n) is 4.86. The van der Waals surface area contributed by atoms with Gasteiger partial charge in [0.25, 0.3) is 0 Å². The number of benzene rings is 1. The number of aryl methyl sites for hydroxylation is 1. The summed E-state index contributed by atoms with van der Waals surface area (Å²) >= 11 is 0. The molecule has 0 unspecified atom stereocenters. The van der Waals surface area contributed by atoms with Gasteiger partial charge in [-0.05, 0) is 54.9 Å². The van der Waals surface area contributed by atoms with E-state index in [0.29, 0.717) is 11.0 Å². The third kappa shape index (κ3) is 3.40. The van der Waals surface area contributed by atoms with Crippen molar-refractivity contribution < 1.29 is 4.79 Å². The fourth-order valence-corrected chi connectivity index (χ4v) is 3.29. The molecule has 3 heteroatoms. The van der Waals surface area contributed by atoms with Gasteiger partial charge >= 0.3 is 0 Å². The van der Waals surface area contributed by atoms with Gasteiger partial charge in [0.15, 0.2) is 0 Å². The lowest BCUT2D eigenvalue weighted by molar-refractivity contribution is 0.1000. The van der Waals surface area contributed by atoms with Crippen molar-refractivity contribution in [1.82, 2.24) is 5.32 Å². The summed E-state index contributed by atoms with van der Waals surface area (Å²) in [6.45, 7) is 6.31. The Kier molecular flexibility index (Phi) is 4.81. The maximum absolute atomic E-state index is 11.1. The molecule has 110 valence electrons. The molecule has 1 aromatic rings.